The molecule has 0 heterocycles. The van der Waals surface area contributed by atoms with E-state index in [1.165, 1.54) is 0 Å². The van der Waals surface area contributed by atoms with Crippen LogP contribution >= 0.6 is 0 Å². The number of carbonyl (C=O) groups excluding carboxylic acids is 3. The lowest BCUT2D eigenvalue weighted by Crippen LogP contribution is -2.46. The lowest BCUT2D eigenvalue weighted by molar-refractivity contribution is -0.138. The van der Waals surface area contributed by atoms with Crippen molar-refractivity contribution in [1.82, 2.24) is 16.0 Å². The van der Waals surface area contributed by atoms with Gasteiger partial charge in [0.05, 0.1) is 6.42 Å². The number of hydrogen-bond acceptors (Lipinski definition) is 6. The number of carboxylic acids is 1. The highest BCUT2D eigenvalue weighted by Crippen LogP contribution is 2.09. The zero-order valence-corrected chi connectivity index (χ0v) is 18.9. The van der Waals surface area contributed by atoms with Crippen LogP contribution in [-0.2, 0) is 19.1 Å². The van der Waals surface area contributed by atoms with Crippen molar-refractivity contribution in [1.29, 1.82) is 0 Å². The first kappa shape index (κ1) is 27.5. The summed E-state index contributed by atoms with van der Waals surface area (Å²) in [4.78, 5) is 45.9. The smallest absolute Gasteiger partial charge is 0.407 e. The number of nitrogens with one attached hydrogen (secondary N) is 3. The summed E-state index contributed by atoms with van der Waals surface area (Å²) < 4.78 is 10.5. The van der Waals surface area contributed by atoms with E-state index in [4.69, 9.17) is 14.6 Å². The van der Waals surface area contributed by atoms with Gasteiger partial charge in [-0.1, -0.05) is 0 Å². The van der Waals surface area contributed by atoms with Gasteiger partial charge in [-0.25, -0.2) is 9.59 Å². The fraction of sp³-hybridized carbons (Fsp3) is 0.800. The Bertz CT molecular complexity index is 580. The summed E-state index contributed by atoms with van der Waals surface area (Å²) in [5.74, 6) is -1.33. The second-order valence-corrected chi connectivity index (χ2v) is 8.97. The van der Waals surface area contributed by atoms with Crippen molar-refractivity contribution in [2.45, 2.75) is 90.9 Å². The van der Waals surface area contributed by atoms with Crippen LogP contribution in [-0.4, -0.2) is 59.5 Å². The van der Waals surface area contributed by atoms with Crippen LogP contribution in [0.3, 0.4) is 0 Å². The average molecular weight is 432 g/mol. The first-order valence-electron chi connectivity index (χ1n) is 10.1. The summed E-state index contributed by atoms with van der Waals surface area (Å²) in [6.07, 6.45) is 0.416. The molecule has 174 valence electrons. The minimum absolute atomic E-state index is 0.0576. The number of rotatable bonds is 11. The van der Waals surface area contributed by atoms with Crippen LogP contribution in [0.25, 0.3) is 0 Å². The van der Waals surface area contributed by atoms with Gasteiger partial charge in [0.2, 0.25) is 5.91 Å². The Labute approximate surface area is 178 Å². The molecule has 0 saturated carbocycles. The molecule has 0 unspecified atom stereocenters. The third kappa shape index (κ3) is 17.6. The SMILES string of the molecule is CC(C)(C)OC(=O)NC[C@H](CCCCNC(=O)CCC(=O)O)NC(=O)OC(C)(C)C. The Morgan fingerprint density at radius 3 is 1.93 bits per heavy atom. The van der Waals surface area contributed by atoms with E-state index < -0.39 is 29.4 Å². The molecule has 4 N–H and O–H groups in total. The predicted molar refractivity (Wildman–Crippen MR) is 111 cm³/mol. The van der Waals surface area contributed by atoms with Crippen molar-refractivity contribution in [2.75, 3.05) is 13.1 Å². The molecule has 0 rings (SSSR count). The van der Waals surface area contributed by atoms with E-state index in [0.29, 0.717) is 25.8 Å². The molecule has 1 atom stereocenters. The van der Waals surface area contributed by atoms with Crippen molar-refractivity contribution in [3.05, 3.63) is 0 Å². The molecule has 10 nitrogen and oxygen atoms in total. The molecule has 0 fully saturated rings. The van der Waals surface area contributed by atoms with Crippen molar-refractivity contribution in [3.63, 3.8) is 0 Å². The summed E-state index contributed by atoms with van der Waals surface area (Å²) in [5.41, 5.74) is -1.27. The maximum absolute atomic E-state index is 12.1. The highest BCUT2D eigenvalue weighted by molar-refractivity contribution is 5.80. The summed E-state index contributed by atoms with van der Waals surface area (Å²) in [7, 11) is 0. The van der Waals surface area contributed by atoms with Gasteiger partial charge in [-0.15, -0.1) is 0 Å². The largest absolute Gasteiger partial charge is 0.481 e. The molecule has 0 aliphatic rings. The highest BCUT2D eigenvalue weighted by atomic mass is 16.6. The Kier molecular flexibility index (Phi) is 11.8. The molecule has 30 heavy (non-hydrogen) atoms. The zero-order chi connectivity index (χ0) is 23.4. The maximum atomic E-state index is 12.1. The number of alkyl carbamates (subject to hydrolysis) is 2. The Hall–Kier alpha value is -2.52. The molecular weight excluding hydrogens is 394 g/mol. The number of carbonyl (C=O) groups is 4. The number of hydrogen-bond donors (Lipinski definition) is 4. The fourth-order valence-electron chi connectivity index (χ4n) is 2.27. The van der Waals surface area contributed by atoms with E-state index in [9.17, 15) is 19.2 Å². The van der Waals surface area contributed by atoms with Gasteiger partial charge in [-0.3, -0.25) is 9.59 Å². The predicted octanol–water partition coefficient (Wildman–Crippen LogP) is 2.56. The maximum Gasteiger partial charge on any atom is 0.407 e. The Morgan fingerprint density at radius 1 is 0.833 bits per heavy atom. The van der Waals surface area contributed by atoms with Gasteiger partial charge < -0.3 is 30.5 Å². The second kappa shape index (κ2) is 12.9. The van der Waals surface area contributed by atoms with Crippen LogP contribution in [0.5, 0.6) is 0 Å². The van der Waals surface area contributed by atoms with Gasteiger partial charge in [0, 0.05) is 25.6 Å². The van der Waals surface area contributed by atoms with Crippen molar-refractivity contribution < 1.29 is 33.8 Å². The van der Waals surface area contributed by atoms with Crippen LogP contribution in [0.2, 0.25) is 0 Å². The second-order valence-electron chi connectivity index (χ2n) is 8.97. The normalized spacial score (nSPS) is 12.5. The van der Waals surface area contributed by atoms with Crippen LogP contribution in [0, 0.1) is 0 Å². The fourth-order valence-corrected chi connectivity index (χ4v) is 2.27. The molecule has 0 aromatic carbocycles. The number of unbranched alkanes of at least 4 members (excludes halogenated alkanes) is 1. The Morgan fingerprint density at radius 2 is 1.40 bits per heavy atom. The number of ether oxygens (including phenoxy) is 2. The molecular formula is C20H37N3O7. The number of carboxylic acid groups (broad SMARTS) is 1. The van der Waals surface area contributed by atoms with Crippen molar-refractivity contribution >= 4 is 24.1 Å². The molecule has 0 aromatic heterocycles. The van der Waals surface area contributed by atoms with E-state index >= 15 is 0 Å². The van der Waals surface area contributed by atoms with E-state index in [2.05, 4.69) is 16.0 Å². The molecule has 0 spiro atoms. The van der Waals surface area contributed by atoms with Gasteiger partial charge in [-0.2, -0.15) is 0 Å². The van der Waals surface area contributed by atoms with Crippen LogP contribution in [0.15, 0.2) is 0 Å². The first-order valence-corrected chi connectivity index (χ1v) is 10.1. The topological polar surface area (TPSA) is 143 Å². The minimum Gasteiger partial charge on any atom is -0.481 e. The molecule has 0 aliphatic carbocycles. The molecule has 0 aliphatic heterocycles. The minimum atomic E-state index is -1.02. The van der Waals surface area contributed by atoms with Crippen LogP contribution in [0.4, 0.5) is 9.59 Å². The molecule has 0 saturated heterocycles. The van der Waals surface area contributed by atoms with Gasteiger partial charge in [-0.05, 0) is 60.8 Å². The number of aliphatic carboxylic acids is 1. The molecule has 10 heteroatoms. The quantitative estimate of drug-likeness (QED) is 0.368. The Balaban J connectivity index is 4.47. The summed E-state index contributed by atoms with van der Waals surface area (Å²) >= 11 is 0. The number of amides is 3. The lowest BCUT2D eigenvalue weighted by Gasteiger charge is -2.25. The summed E-state index contributed by atoms with van der Waals surface area (Å²) in [6, 6.07) is -0.380. The average Bonchev–Trinajstić information content (AvgIpc) is 2.54. The van der Waals surface area contributed by atoms with E-state index in [0.717, 1.165) is 0 Å². The van der Waals surface area contributed by atoms with Gasteiger partial charge in [0.15, 0.2) is 0 Å². The summed E-state index contributed by atoms with van der Waals surface area (Å²) in [5, 5.41) is 16.6. The molecule has 3 amide bonds. The summed E-state index contributed by atoms with van der Waals surface area (Å²) in [6.45, 7) is 11.1. The molecule has 0 aromatic rings. The molecule has 0 bridgehead atoms. The lowest BCUT2D eigenvalue weighted by atomic mass is 10.1. The highest BCUT2D eigenvalue weighted by Gasteiger charge is 2.21. The first-order chi connectivity index (χ1) is 13.7. The van der Waals surface area contributed by atoms with Gasteiger partial charge in [0.25, 0.3) is 0 Å². The van der Waals surface area contributed by atoms with E-state index in [1.807, 2.05) is 0 Å². The monoisotopic (exact) mass is 431 g/mol. The van der Waals surface area contributed by atoms with Gasteiger partial charge in [0.1, 0.15) is 11.2 Å². The standard InChI is InChI=1S/C20H37N3O7/c1-19(2,3)29-17(27)22-13-14(23-18(28)30-20(4,5)6)9-7-8-12-21-15(24)10-11-16(25)26/h14H,7-13H2,1-6H3,(H,21,24)(H,22,27)(H,23,28)(H,25,26)/t14-/m0/s1. The zero-order valence-electron chi connectivity index (χ0n) is 18.9. The molecule has 0 radical (unpaired) electrons. The third-order valence-corrected chi connectivity index (χ3v) is 3.48. The van der Waals surface area contributed by atoms with E-state index in [-0.39, 0.29) is 31.3 Å². The van der Waals surface area contributed by atoms with Crippen molar-refractivity contribution in [3.8, 4) is 0 Å². The van der Waals surface area contributed by atoms with E-state index in [1.54, 1.807) is 41.5 Å². The van der Waals surface area contributed by atoms with Crippen molar-refractivity contribution in [2.24, 2.45) is 0 Å². The van der Waals surface area contributed by atoms with Crippen LogP contribution in [0.1, 0.15) is 73.6 Å². The van der Waals surface area contributed by atoms with Gasteiger partial charge >= 0.3 is 18.2 Å². The van der Waals surface area contributed by atoms with Crippen LogP contribution < -0.4 is 16.0 Å². The third-order valence-electron chi connectivity index (χ3n) is 3.48.